The number of aryl methyl sites for hydroxylation is 2. The Morgan fingerprint density at radius 3 is 1.77 bits per heavy atom. The van der Waals surface area contributed by atoms with Gasteiger partial charge < -0.3 is 4.74 Å². The van der Waals surface area contributed by atoms with Crippen LogP contribution in [0.15, 0.2) is 58.3 Å². The number of ether oxygens (including phenoxy) is 1. The highest BCUT2D eigenvalue weighted by Crippen LogP contribution is 2.20. The molecule has 1 amide bonds. The van der Waals surface area contributed by atoms with E-state index in [1.807, 2.05) is 13.8 Å². The number of carbonyl (C=O) groups excluding carboxylic acids is 1. The van der Waals surface area contributed by atoms with Gasteiger partial charge in [-0.15, -0.1) is 0 Å². The number of nitrogens with zero attached hydrogens (tertiary/aromatic N) is 1. The van der Waals surface area contributed by atoms with Crippen molar-refractivity contribution in [3.05, 3.63) is 59.7 Å². The van der Waals surface area contributed by atoms with Crippen molar-refractivity contribution in [1.82, 2.24) is 9.03 Å². The van der Waals surface area contributed by atoms with Crippen molar-refractivity contribution < 1.29 is 26.4 Å². The second kappa shape index (κ2) is 9.37. The van der Waals surface area contributed by atoms with Crippen LogP contribution in [0.4, 0.5) is 4.79 Å². The maximum absolute atomic E-state index is 13.1. The molecule has 0 aliphatic rings. The van der Waals surface area contributed by atoms with Crippen molar-refractivity contribution in [1.29, 1.82) is 0 Å². The van der Waals surface area contributed by atoms with E-state index in [1.165, 1.54) is 24.3 Å². The van der Waals surface area contributed by atoms with Crippen molar-refractivity contribution in [3.63, 3.8) is 0 Å². The first kappa shape index (κ1) is 24.8. The van der Waals surface area contributed by atoms with Crippen LogP contribution in [0.1, 0.15) is 31.9 Å². The Morgan fingerprint density at radius 1 is 0.871 bits per heavy atom. The fourth-order valence-corrected chi connectivity index (χ4v) is 4.86. The minimum Gasteiger partial charge on any atom is -0.443 e. The average molecular weight is 469 g/mol. The molecule has 0 bridgehead atoms. The first-order valence-electron chi connectivity index (χ1n) is 9.61. The fraction of sp³-hybridized carbons (Fsp3) is 0.381. The lowest BCUT2D eigenvalue weighted by atomic mass is 10.2. The summed E-state index contributed by atoms with van der Waals surface area (Å²) < 4.78 is 59.3. The van der Waals surface area contributed by atoms with Crippen molar-refractivity contribution in [2.45, 2.75) is 50.0 Å². The Kier molecular flexibility index (Phi) is 7.51. The largest absolute Gasteiger partial charge is 0.443 e. The second-order valence-electron chi connectivity index (χ2n) is 8.08. The number of benzene rings is 2. The van der Waals surface area contributed by atoms with Crippen molar-refractivity contribution in [3.8, 4) is 0 Å². The van der Waals surface area contributed by atoms with Crippen LogP contribution in [0.25, 0.3) is 0 Å². The Bertz CT molecular complexity index is 1120. The molecular weight excluding hydrogens is 440 g/mol. The first-order valence-corrected chi connectivity index (χ1v) is 12.5. The zero-order valence-corrected chi connectivity index (χ0v) is 19.9. The van der Waals surface area contributed by atoms with Gasteiger partial charge >= 0.3 is 6.09 Å². The van der Waals surface area contributed by atoms with E-state index in [4.69, 9.17) is 4.74 Å². The Morgan fingerprint density at radius 2 is 1.32 bits per heavy atom. The van der Waals surface area contributed by atoms with Gasteiger partial charge in [-0.1, -0.05) is 35.4 Å². The molecule has 2 aromatic carbocycles. The van der Waals surface area contributed by atoms with E-state index in [1.54, 1.807) is 45.0 Å². The molecule has 10 heteroatoms. The van der Waals surface area contributed by atoms with Crippen molar-refractivity contribution >= 4 is 26.1 Å². The maximum Gasteiger partial charge on any atom is 0.424 e. The number of sulfonamides is 2. The van der Waals surface area contributed by atoms with Crippen LogP contribution >= 0.6 is 0 Å². The van der Waals surface area contributed by atoms with E-state index in [0.29, 0.717) is 4.31 Å². The molecule has 2 aromatic rings. The summed E-state index contributed by atoms with van der Waals surface area (Å²) in [7, 11) is -8.13. The predicted molar refractivity (Wildman–Crippen MR) is 118 cm³/mol. The maximum atomic E-state index is 13.1. The monoisotopic (exact) mass is 468 g/mol. The summed E-state index contributed by atoms with van der Waals surface area (Å²) in [5.74, 6) is 0. The minimum absolute atomic E-state index is 0.0447. The summed E-state index contributed by atoms with van der Waals surface area (Å²) in [4.78, 5) is 12.6. The molecule has 0 saturated carbocycles. The normalized spacial score (nSPS) is 12.4. The molecular formula is C21H28N2O6S2. The summed E-state index contributed by atoms with van der Waals surface area (Å²) in [6.45, 7) is 7.72. The molecule has 31 heavy (non-hydrogen) atoms. The zero-order chi connectivity index (χ0) is 23.4. The molecule has 0 aliphatic carbocycles. The van der Waals surface area contributed by atoms with E-state index in [2.05, 4.69) is 4.72 Å². The summed E-state index contributed by atoms with van der Waals surface area (Å²) in [5.41, 5.74) is 0.826. The molecule has 0 saturated heterocycles. The summed E-state index contributed by atoms with van der Waals surface area (Å²) in [5, 5.41) is 0. The van der Waals surface area contributed by atoms with Crippen LogP contribution in [0.2, 0.25) is 0 Å². The SMILES string of the molecule is Cc1ccc(S(=O)(=O)NCCN(C(=O)OC(C)(C)C)S(=O)(=O)c2ccc(C)cc2)cc1. The van der Waals surface area contributed by atoms with Gasteiger partial charge in [-0.2, -0.15) is 4.31 Å². The summed E-state index contributed by atoms with van der Waals surface area (Å²) >= 11 is 0. The molecule has 170 valence electrons. The first-order chi connectivity index (χ1) is 14.2. The number of hydrogen-bond acceptors (Lipinski definition) is 6. The molecule has 0 fully saturated rings. The Labute approximate surface area is 184 Å². The second-order valence-corrected chi connectivity index (χ2v) is 11.7. The van der Waals surface area contributed by atoms with Gasteiger partial charge in [-0.3, -0.25) is 0 Å². The average Bonchev–Trinajstić information content (AvgIpc) is 2.64. The van der Waals surface area contributed by atoms with Gasteiger partial charge in [0.25, 0.3) is 10.0 Å². The topological polar surface area (TPSA) is 110 Å². The molecule has 0 aliphatic heterocycles. The summed E-state index contributed by atoms with van der Waals surface area (Å²) in [6.07, 6.45) is -1.08. The lowest BCUT2D eigenvalue weighted by molar-refractivity contribution is 0.0393. The molecule has 0 aromatic heterocycles. The van der Waals surface area contributed by atoms with E-state index in [0.717, 1.165) is 11.1 Å². The van der Waals surface area contributed by atoms with Gasteiger partial charge in [0.1, 0.15) is 5.60 Å². The van der Waals surface area contributed by atoms with Crippen LogP contribution in [0.3, 0.4) is 0 Å². The van der Waals surface area contributed by atoms with Gasteiger partial charge in [0.05, 0.1) is 16.3 Å². The Hall–Kier alpha value is -2.43. The number of rotatable bonds is 7. The van der Waals surface area contributed by atoms with Crippen molar-refractivity contribution in [2.75, 3.05) is 13.1 Å². The van der Waals surface area contributed by atoms with E-state index < -0.39 is 38.3 Å². The molecule has 0 unspecified atom stereocenters. The fourth-order valence-electron chi connectivity index (χ4n) is 2.54. The summed E-state index contributed by atoms with van der Waals surface area (Å²) in [6, 6.07) is 12.2. The van der Waals surface area contributed by atoms with Gasteiger partial charge in [0, 0.05) is 6.54 Å². The number of carbonyl (C=O) groups is 1. The molecule has 0 radical (unpaired) electrons. The standard InChI is InChI=1S/C21H28N2O6S2/c1-16-6-10-18(11-7-16)30(25,26)22-14-15-23(20(24)29-21(3,4)5)31(27,28)19-12-8-17(2)9-13-19/h6-13,22H,14-15H2,1-5H3. The van der Waals surface area contributed by atoms with Crippen LogP contribution in [0.5, 0.6) is 0 Å². The third-order valence-corrected chi connectivity index (χ3v) is 7.40. The zero-order valence-electron chi connectivity index (χ0n) is 18.2. The Balaban J connectivity index is 2.26. The van der Waals surface area contributed by atoms with Crippen LogP contribution < -0.4 is 4.72 Å². The lowest BCUT2D eigenvalue weighted by Crippen LogP contribution is -2.44. The van der Waals surface area contributed by atoms with Gasteiger partial charge in [-0.05, 0) is 58.9 Å². The molecule has 1 N–H and O–H groups in total. The van der Waals surface area contributed by atoms with Gasteiger partial charge in [0.15, 0.2) is 0 Å². The van der Waals surface area contributed by atoms with Crippen LogP contribution in [-0.2, 0) is 24.8 Å². The highest BCUT2D eigenvalue weighted by atomic mass is 32.2. The van der Waals surface area contributed by atoms with Gasteiger partial charge in [0.2, 0.25) is 10.0 Å². The number of amides is 1. The number of hydrogen-bond donors (Lipinski definition) is 1. The third-order valence-electron chi connectivity index (χ3n) is 4.14. The highest BCUT2D eigenvalue weighted by Gasteiger charge is 2.33. The highest BCUT2D eigenvalue weighted by molar-refractivity contribution is 7.90. The predicted octanol–water partition coefficient (Wildman–Crippen LogP) is 3.21. The molecule has 2 rings (SSSR count). The smallest absolute Gasteiger partial charge is 0.424 e. The molecule has 0 spiro atoms. The van der Waals surface area contributed by atoms with Crippen LogP contribution in [0, 0.1) is 13.8 Å². The van der Waals surface area contributed by atoms with Crippen LogP contribution in [-0.4, -0.2) is 45.9 Å². The quantitative estimate of drug-likeness (QED) is 0.668. The number of nitrogens with one attached hydrogen (secondary N) is 1. The van der Waals surface area contributed by atoms with Crippen molar-refractivity contribution in [2.24, 2.45) is 0 Å². The molecule has 0 heterocycles. The van der Waals surface area contributed by atoms with E-state index in [9.17, 15) is 21.6 Å². The van der Waals surface area contributed by atoms with Gasteiger partial charge in [-0.25, -0.2) is 26.4 Å². The lowest BCUT2D eigenvalue weighted by Gasteiger charge is -2.27. The molecule has 8 nitrogen and oxygen atoms in total. The third kappa shape index (κ3) is 6.78. The van der Waals surface area contributed by atoms with E-state index in [-0.39, 0.29) is 16.3 Å². The van der Waals surface area contributed by atoms with E-state index >= 15 is 0 Å². The molecule has 0 atom stereocenters. The minimum atomic E-state index is -4.25.